The number of urea groups is 1. The number of nitrogens with zero attached hydrogens (tertiary/aromatic N) is 2. The third kappa shape index (κ3) is 3.84. The number of carbonyl (C=O) groups is 1. The molecule has 0 spiro atoms. The number of anilines is 1. The molecule has 0 saturated heterocycles. The summed E-state index contributed by atoms with van der Waals surface area (Å²) in [4.78, 5) is 16.2. The van der Waals surface area contributed by atoms with Gasteiger partial charge in [0.25, 0.3) is 0 Å². The number of imidazole rings is 1. The van der Waals surface area contributed by atoms with Crippen molar-refractivity contribution >= 4 is 22.8 Å². The quantitative estimate of drug-likeness (QED) is 0.684. The van der Waals surface area contributed by atoms with Crippen LogP contribution in [0.4, 0.5) is 10.5 Å². The van der Waals surface area contributed by atoms with E-state index >= 15 is 0 Å². The summed E-state index contributed by atoms with van der Waals surface area (Å²) in [7, 11) is 1.61. The van der Waals surface area contributed by atoms with Gasteiger partial charge in [-0.1, -0.05) is 12.1 Å². The zero-order valence-electron chi connectivity index (χ0n) is 13.5. The molecule has 0 radical (unpaired) electrons. The maximum atomic E-state index is 11.9. The number of benzene rings is 2. The molecular formula is C18H20N4O2. The topological polar surface area (TPSA) is 68.2 Å². The lowest BCUT2D eigenvalue weighted by Gasteiger charge is -2.09. The van der Waals surface area contributed by atoms with Gasteiger partial charge in [0, 0.05) is 18.8 Å². The summed E-state index contributed by atoms with van der Waals surface area (Å²) in [6.45, 7) is 1.40. The molecular weight excluding hydrogens is 304 g/mol. The lowest BCUT2D eigenvalue weighted by Crippen LogP contribution is -2.30. The van der Waals surface area contributed by atoms with Gasteiger partial charge in [0.05, 0.1) is 24.5 Å². The number of para-hydroxylation sites is 2. The first-order valence-corrected chi connectivity index (χ1v) is 7.85. The molecule has 1 aromatic heterocycles. The van der Waals surface area contributed by atoms with Crippen molar-refractivity contribution < 1.29 is 9.53 Å². The third-order valence-corrected chi connectivity index (χ3v) is 3.74. The Kier molecular flexibility index (Phi) is 4.96. The maximum Gasteiger partial charge on any atom is 0.319 e. The van der Waals surface area contributed by atoms with Crippen molar-refractivity contribution in [2.24, 2.45) is 0 Å². The number of rotatable bonds is 6. The second kappa shape index (κ2) is 7.50. The van der Waals surface area contributed by atoms with Crippen LogP contribution in [-0.2, 0) is 6.54 Å². The molecule has 2 amide bonds. The fraction of sp³-hybridized carbons (Fsp3) is 0.222. The number of aromatic nitrogens is 2. The van der Waals surface area contributed by atoms with Crippen molar-refractivity contribution in [2.45, 2.75) is 13.0 Å². The van der Waals surface area contributed by atoms with Gasteiger partial charge in [0.1, 0.15) is 5.75 Å². The van der Waals surface area contributed by atoms with Crippen LogP contribution in [0.25, 0.3) is 11.0 Å². The number of methoxy groups -OCH3 is 1. The Morgan fingerprint density at radius 2 is 1.96 bits per heavy atom. The van der Waals surface area contributed by atoms with E-state index in [0.29, 0.717) is 6.54 Å². The number of carbonyl (C=O) groups excluding carboxylic acids is 1. The molecule has 0 fully saturated rings. The summed E-state index contributed by atoms with van der Waals surface area (Å²) in [5, 5.41) is 5.65. The van der Waals surface area contributed by atoms with E-state index in [0.717, 1.165) is 35.4 Å². The highest BCUT2D eigenvalue weighted by atomic mass is 16.5. The second-order valence-electron chi connectivity index (χ2n) is 5.39. The Hall–Kier alpha value is -3.02. The Morgan fingerprint density at radius 3 is 2.75 bits per heavy atom. The summed E-state index contributed by atoms with van der Waals surface area (Å²) in [6.07, 6.45) is 2.67. The van der Waals surface area contributed by atoms with Crippen molar-refractivity contribution in [2.75, 3.05) is 19.0 Å². The first-order valence-electron chi connectivity index (χ1n) is 7.85. The van der Waals surface area contributed by atoms with Crippen LogP contribution in [-0.4, -0.2) is 29.2 Å². The fourth-order valence-electron chi connectivity index (χ4n) is 2.49. The maximum absolute atomic E-state index is 11.9. The Morgan fingerprint density at radius 1 is 1.17 bits per heavy atom. The minimum atomic E-state index is -0.212. The number of nitrogens with one attached hydrogen (secondary N) is 2. The van der Waals surface area contributed by atoms with E-state index in [-0.39, 0.29) is 6.03 Å². The van der Waals surface area contributed by atoms with Gasteiger partial charge in [-0.25, -0.2) is 9.78 Å². The molecule has 0 unspecified atom stereocenters. The molecule has 0 bridgehead atoms. The van der Waals surface area contributed by atoms with Crippen LogP contribution >= 0.6 is 0 Å². The summed E-state index contributed by atoms with van der Waals surface area (Å²) >= 11 is 0. The molecule has 2 N–H and O–H groups in total. The molecule has 6 nitrogen and oxygen atoms in total. The van der Waals surface area contributed by atoms with Crippen molar-refractivity contribution in [3.8, 4) is 5.75 Å². The smallest absolute Gasteiger partial charge is 0.319 e. The third-order valence-electron chi connectivity index (χ3n) is 3.74. The highest BCUT2D eigenvalue weighted by Gasteiger charge is 2.03. The normalized spacial score (nSPS) is 10.5. The van der Waals surface area contributed by atoms with Gasteiger partial charge in [-0.2, -0.15) is 0 Å². The number of ether oxygens (including phenoxy) is 1. The molecule has 2 aromatic carbocycles. The van der Waals surface area contributed by atoms with E-state index in [1.807, 2.05) is 30.6 Å². The Labute approximate surface area is 140 Å². The second-order valence-corrected chi connectivity index (χ2v) is 5.39. The molecule has 0 saturated carbocycles. The molecule has 6 heteroatoms. The van der Waals surface area contributed by atoms with E-state index in [9.17, 15) is 4.79 Å². The van der Waals surface area contributed by atoms with E-state index in [1.165, 1.54) is 0 Å². The van der Waals surface area contributed by atoms with Crippen LogP contribution in [0.1, 0.15) is 6.42 Å². The predicted molar refractivity (Wildman–Crippen MR) is 94.4 cm³/mol. The minimum Gasteiger partial charge on any atom is -0.497 e. The van der Waals surface area contributed by atoms with Gasteiger partial charge in [0.2, 0.25) is 0 Å². The SMILES string of the molecule is COc1ccc(NC(=O)NCCCn2cnc3ccccc32)cc1. The molecule has 124 valence electrons. The van der Waals surface area contributed by atoms with E-state index in [4.69, 9.17) is 4.74 Å². The van der Waals surface area contributed by atoms with Crippen molar-refractivity contribution in [3.63, 3.8) is 0 Å². The number of fused-ring (bicyclic) bond motifs is 1. The van der Waals surface area contributed by atoms with E-state index in [1.54, 1.807) is 31.4 Å². The van der Waals surface area contributed by atoms with Crippen molar-refractivity contribution in [1.82, 2.24) is 14.9 Å². The average molecular weight is 324 g/mol. The van der Waals surface area contributed by atoms with Gasteiger partial charge >= 0.3 is 6.03 Å². The average Bonchev–Trinajstić information content (AvgIpc) is 3.03. The highest BCUT2D eigenvalue weighted by Crippen LogP contribution is 2.15. The van der Waals surface area contributed by atoms with Crippen LogP contribution in [0.2, 0.25) is 0 Å². The lowest BCUT2D eigenvalue weighted by atomic mass is 10.3. The van der Waals surface area contributed by atoms with Gasteiger partial charge in [0.15, 0.2) is 0 Å². The Bertz CT molecular complexity index is 811. The highest BCUT2D eigenvalue weighted by molar-refractivity contribution is 5.89. The van der Waals surface area contributed by atoms with Gasteiger partial charge in [-0.05, 0) is 42.8 Å². The molecule has 3 rings (SSSR count). The summed E-state index contributed by atoms with van der Waals surface area (Å²) in [5.41, 5.74) is 2.83. The zero-order valence-corrected chi connectivity index (χ0v) is 13.5. The molecule has 0 atom stereocenters. The standard InChI is InChI=1S/C18H20N4O2/c1-24-15-9-7-14(8-10-15)21-18(23)19-11-4-12-22-13-20-16-5-2-3-6-17(16)22/h2-3,5-10,13H,4,11-12H2,1H3,(H2,19,21,23). The van der Waals surface area contributed by atoms with Crippen LogP contribution in [0.15, 0.2) is 54.9 Å². The number of hydrogen-bond acceptors (Lipinski definition) is 3. The summed E-state index contributed by atoms with van der Waals surface area (Å²) < 4.78 is 7.18. The van der Waals surface area contributed by atoms with Gasteiger partial charge in [-0.3, -0.25) is 0 Å². The van der Waals surface area contributed by atoms with Gasteiger partial charge < -0.3 is 19.9 Å². The van der Waals surface area contributed by atoms with E-state index < -0.39 is 0 Å². The lowest BCUT2D eigenvalue weighted by molar-refractivity contribution is 0.252. The molecule has 0 aliphatic carbocycles. The predicted octanol–water partition coefficient (Wildman–Crippen LogP) is 3.26. The summed E-state index contributed by atoms with van der Waals surface area (Å²) in [6, 6.07) is 15.0. The zero-order chi connectivity index (χ0) is 16.8. The van der Waals surface area contributed by atoms with Crippen LogP contribution in [0.5, 0.6) is 5.75 Å². The number of aryl methyl sites for hydroxylation is 1. The molecule has 0 aliphatic rings. The van der Waals surface area contributed by atoms with E-state index in [2.05, 4.69) is 20.2 Å². The molecule has 3 aromatic rings. The van der Waals surface area contributed by atoms with Crippen molar-refractivity contribution in [1.29, 1.82) is 0 Å². The van der Waals surface area contributed by atoms with Crippen LogP contribution in [0.3, 0.4) is 0 Å². The monoisotopic (exact) mass is 324 g/mol. The fourth-order valence-corrected chi connectivity index (χ4v) is 2.49. The molecule has 0 aliphatic heterocycles. The van der Waals surface area contributed by atoms with Gasteiger partial charge in [-0.15, -0.1) is 0 Å². The summed E-state index contributed by atoms with van der Waals surface area (Å²) in [5.74, 6) is 0.758. The Balaban J connectivity index is 1.43. The van der Waals surface area contributed by atoms with Crippen LogP contribution in [0, 0.1) is 0 Å². The molecule has 24 heavy (non-hydrogen) atoms. The van der Waals surface area contributed by atoms with Crippen LogP contribution < -0.4 is 15.4 Å². The number of amides is 2. The number of hydrogen-bond donors (Lipinski definition) is 2. The first-order chi connectivity index (χ1) is 11.8. The minimum absolute atomic E-state index is 0.212. The first kappa shape index (κ1) is 15.9. The molecule has 1 heterocycles. The largest absolute Gasteiger partial charge is 0.497 e. The van der Waals surface area contributed by atoms with Crippen molar-refractivity contribution in [3.05, 3.63) is 54.9 Å².